The van der Waals surface area contributed by atoms with E-state index in [1.807, 2.05) is 13.0 Å². The molecule has 1 N–H and O–H groups in total. The standard InChI is InChI=1S/C11H12BrClN2OS/c1-11(10-6(13)3-7(12)17-10)4-8(14)15(2)9(16)5-11/h3,14H,4-5H2,1-2H3/t11-/m0/s1. The number of thiophene rings is 1. The number of carbonyl (C=O) groups excluding carboxylic acids is 1. The molecule has 92 valence electrons. The largest absolute Gasteiger partial charge is 0.304 e. The predicted molar refractivity (Wildman–Crippen MR) is 74.1 cm³/mol. The van der Waals surface area contributed by atoms with Crippen LogP contribution in [0.15, 0.2) is 9.85 Å². The van der Waals surface area contributed by atoms with Gasteiger partial charge in [-0.15, -0.1) is 11.3 Å². The highest BCUT2D eigenvalue weighted by molar-refractivity contribution is 9.11. The van der Waals surface area contributed by atoms with Gasteiger partial charge in [-0.05, 0) is 22.0 Å². The lowest BCUT2D eigenvalue weighted by atomic mass is 9.78. The average Bonchev–Trinajstić information content (AvgIpc) is 2.55. The number of hydrogen-bond donors (Lipinski definition) is 1. The van der Waals surface area contributed by atoms with Crippen LogP contribution in [0.1, 0.15) is 24.6 Å². The third kappa shape index (κ3) is 2.28. The fourth-order valence-electron chi connectivity index (χ4n) is 2.07. The Morgan fingerprint density at radius 3 is 2.71 bits per heavy atom. The van der Waals surface area contributed by atoms with E-state index < -0.39 is 0 Å². The summed E-state index contributed by atoms with van der Waals surface area (Å²) < 4.78 is 0.955. The van der Waals surface area contributed by atoms with Gasteiger partial charge in [0.05, 0.1) is 8.81 Å². The molecule has 0 spiro atoms. The molecule has 1 atom stereocenters. The van der Waals surface area contributed by atoms with E-state index in [4.69, 9.17) is 17.0 Å². The van der Waals surface area contributed by atoms with Crippen LogP contribution in [0.2, 0.25) is 5.02 Å². The highest BCUT2D eigenvalue weighted by atomic mass is 79.9. The second kappa shape index (κ2) is 4.37. The molecular formula is C11H12BrClN2OS. The maximum Gasteiger partial charge on any atom is 0.228 e. The quantitative estimate of drug-likeness (QED) is 0.836. The molecule has 0 saturated carbocycles. The van der Waals surface area contributed by atoms with Crippen molar-refractivity contribution < 1.29 is 4.79 Å². The number of likely N-dealkylation sites (tertiary alicyclic amines) is 1. The van der Waals surface area contributed by atoms with Crippen LogP contribution < -0.4 is 0 Å². The molecule has 1 aromatic heterocycles. The lowest BCUT2D eigenvalue weighted by Crippen LogP contribution is -2.46. The monoisotopic (exact) mass is 334 g/mol. The Labute approximate surface area is 117 Å². The maximum atomic E-state index is 11.8. The number of hydrogen-bond acceptors (Lipinski definition) is 3. The van der Waals surface area contributed by atoms with Gasteiger partial charge in [0.15, 0.2) is 0 Å². The number of amides is 1. The van der Waals surface area contributed by atoms with Gasteiger partial charge in [-0.1, -0.05) is 18.5 Å². The summed E-state index contributed by atoms with van der Waals surface area (Å²) in [4.78, 5) is 14.2. The van der Waals surface area contributed by atoms with Crippen LogP contribution in [-0.2, 0) is 10.2 Å². The van der Waals surface area contributed by atoms with Gasteiger partial charge in [-0.3, -0.25) is 10.2 Å². The van der Waals surface area contributed by atoms with Crippen molar-refractivity contribution in [3.05, 3.63) is 19.8 Å². The molecule has 0 unspecified atom stereocenters. The van der Waals surface area contributed by atoms with Crippen LogP contribution in [0.25, 0.3) is 0 Å². The van der Waals surface area contributed by atoms with Crippen molar-refractivity contribution in [2.45, 2.75) is 25.2 Å². The number of carbonyl (C=O) groups is 1. The van der Waals surface area contributed by atoms with Crippen LogP contribution in [0.3, 0.4) is 0 Å². The number of nitrogens with one attached hydrogen (secondary N) is 1. The van der Waals surface area contributed by atoms with Gasteiger partial charge in [-0.2, -0.15) is 0 Å². The van der Waals surface area contributed by atoms with E-state index in [1.165, 1.54) is 4.90 Å². The molecule has 17 heavy (non-hydrogen) atoms. The van der Waals surface area contributed by atoms with E-state index in [1.54, 1.807) is 18.4 Å². The zero-order valence-corrected chi connectivity index (χ0v) is 12.7. The van der Waals surface area contributed by atoms with Gasteiger partial charge in [-0.25, -0.2) is 0 Å². The Balaban J connectivity index is 2.40. The first kappa shape index (κ1) is 13.1. The molecule has 0 radical (unpaired) electrons. The normalized spacial score (nSPS) is 25.5. The maximum absolute atomic E-state index is 11.8. The van der Waals surface area contributed by atoms with Crippen LogP contribution in [0, 0.1) is 5.41 Å². The first-order valence-corrected chi connectivity index (χ1v) is 7.11. The minimum absolute atomic E-state index is 0.0238. The Morgan fingerprint density at radius 2 is 2.24 bits per heavy atom. The van der Waals surface area contributed by atoms with E-state index >= 15 is 0 Å². The van der Waals surface area contributed by atoms with Crippen molar-refractivity contribution in [3.63, 3.8) is 0 Å². The topological polar surface area (TPSA) is 44.2 Å². The van der Waals surface area contributed by atoms with Crippen LogP contribution >= 0.6 is 38.9 Å². The zero-order chi connectivity index (χ0) is 12.8. The summed E-state index contributed by atoms with van der Waals surface area (Å²) in [5.74, 6) is 0.327. The molecule has 1 aliphatic rings. The fraction of sp³-hybridized carbons (Fsp3) is 0.455. The number of rotatable bonds is 1. The Bertz CT molecular complexity index is 482. The van der Waals surface area contributed by atoms with E-state index in [-0.39, 0.29) is 11.3 Å². The minimum Gasteiger partial charge on any atom is -0.304 e. The first-order valence-electron chi connectivity index (χ1n) is 5.13. The molecule has 0 aliphatic carbocycles. The smallest absolute Gasteiger partial charge is 0.228 e. The number of piperidine rings is 1. The second-order valence-corrected chi connectivity index (χ2v) is 7.38. The van der Waals surface area contributed by atoms with Gasteiger partial charge < -0.3 is 4.90 Å². The van der Waals surface area contributed by atoms with E-state index in [0.717, 1.165) is 8.66 Å². The Morgan fingerprint density at radius 1 is 1.59 bits per heavy atom. The summed E-state index contributed by atoms with van der Waals surface area (Å²) in [5, 5.41) is 8.54. The van der Waals surface area contributed by atoms with Crippen molar-refractivity contribution in [3.8, 4) is 0 Å². The van der Waals surface area contributed by atoms with Gasteiger partial charge in [0.2, 0.25) is 5.91 Å². The van der Waals surface area contributed by atoms with Crippen molar-refractivity contribution >= 4 is 50.6 Å². The molecule has 1 amide bonds. The fourth-order valence-corrected chi connectivity index (χ4v) is 4.35. The van der Waals surface area contributed by atoms with Crippen LogP contribution in [-0.4, -0.2) is 23.7 Å². The average molecular weight is 336 g/mol. The number of halogens is 2. The van der Waals surface area contributed by atoms with Crippen molar-refractivity contribution in [1.82, 2.24) is 4.90 Å². The molecule has 2 rings (SSSR count). The van der Waals surface area contributed by atoms with E-state index in [9.17, 15) is 4.79 Å². The molecule has 1 aromatic rings. The Hall–Kier alpha value is -0.390. The molecule has 1 aliphatic heterocycles. The number of amidine groups is 1. The zero-order valence-electron chi connectivity index (χ0n) is 9.51. The molecule has 0 aromatic carbocycles. The molecule has 6 heteroatoms. The summed E-state index contributed by atoms with van der Waals surface area (Å²) in [7, 11) is 1.65. The second-order valence-electron chi connectivity index (χ2n) is 4.54. The Kier molecular flexibility index (Phi) is 3.36. The first-order chi connectivity index (χ1) is 7.83. The number of nitrogens with zero attached hydrogens (tertiary/aromatic N) is 1. The predicted octanol–water partition coefficient (Wildman–Crippen LogP) is 3.65. The molecular weight excluding hydrogens is 324 g/mol. The third-order valence-corrected chi connectivity index (χ3v) is 5.44. The molecule has 3 nitrogen and oxygen atoms in total. The molecule has 1 fully saturated rings. The summed E-state index contributed by atoms with van der Waals surface area (Å²) in [6.45, 7) is 2.00. The SMILES string of the molecule is CN1C(=N)C[C@](C)(c2sc(Br)cc2Cl)CC1=O. The van der Waals surface area contributed by atoms with Crippen LogP contribution in [0.4, 0.5) is 0 Å². The highest BCUT2D eigenvalue weighted by Gasteiger charge is 2.40. The summed E-state index contributed by atoms with van der Waals surface area (Å²) >= 11 is 11.1. The summed E-state index contributed by atoms with van der Waals surface area (Å²) in [5.41, 5.74) is -0.353. The van der Waals surface area contributed by atoms with E-state index in [2.05, 4.69) is 15.9 Å². The summed E-state index contributed by atoms with van der Waals surface area (Å²) in [6, 6.07) is 1.85. The van der Waals surface area contributed by atoms with Crippen molar-refractivity contribution in [2.24, 2.45) is 0 Å². The van der Waals surface area contributed by atoms with Crippen molar-refractivity contribution in [1.29, 1.82) is 5.41 Å². The third-order valence-electron chi connectivity index (χ3n) is 3.08. The van der Waals surface area contributed by atoms with Gasteiger partial charge in [0, 0.05) is 30.2 Å². The molecule has 0 bridgehead atoms. The van der Waals surface area contributed by atoms with Gasteiger partial charge in [0.1, 0.15) is 5.84 Å². The van der Waals surface area contributed by atoms with Crippen molar-refractivity contribution in [2.75, 3.05) is 7.05 Å². The van der Waals surface area contributed by atoms with Crippen LogP contribution in [0.5, 0.6) is 0 Å². The minimum atomic E-state index is -0.353. The van der Waals surface area contributed by atoms with E-state index in [0.29, 0.717) is 23.7 Å². The summed E-state index contributed by atoms with van der Waals surface area (Å²) in [6.07, 6.45) is 0.945. The molecule has 1 saturated heterocycles. The lowest BCUT2D eigenvalue weighted by molar-refractivity contribution is -0.128. The molecule has 2 heterocycles. The van der Waals surface area contributed by atoms with Gasteiger partial charge in [0.25, 0.3) is 0 Å². The van der Waals surface area contributed by atoms with Gasteiger partial charge >= 0.3 is 0 Å². The lowest BCUT2D eigenvalue weighted by Gasteiger charge is -2.37. The highest BCUT2D eigenvalue weighted by Crippen LogP contribution is 2.45.